The molecule has 0 radical (unpaired) electrons. The number of anilines is 1. The van der Waals surface area contributed by atoms with Crippen molar-refractivity contribution in [1.29, 1.82) is 0 Å². The van der Waals surface area contributed by atoms with E-state index in [2.05, 4.69) is 20.8 Å². The van der Waals surface area contributed by atoms with E-state index in [9.17, 15) is 22.8 Å². The number of fused-ring (bicyclic) bond motifs is 1. The van der Waals surface area contributed by atoms with Crippen LogP contribution in [0.3, 0.4) is 0 Å². The van der Waals surface area contributed by atoms with Crippen molar-refractivity contribution in [3.05, 3.63) is 59.9 Å². The number of aromatic nitrogens is 2. The molecule has 2 amide bonds. The number of aliphatic carboxylic acids is 1. The Morgan fingerprint density at radius 2 is 1.88 bits per heavy atom. The Hall–Kier alpha value is -4.04. The minimum absolute atomic E-state index is 0.0737. The van der Waals surface area contributed by atoms with Crippen molar-refractivity contribution in [3.63, 3.8) is 0 Å². The van der Waals surface area contributed by atoms with Crippen LogP contribution in [0.15, 0.2) is 53.7 Å². The third-order valence-corrected chi connectivity index (χ3v) is 7.14. The highest BCUT2D eigenvalue weighted by atomic mass is 32.2. The molecule has 2 aromatic carbocycles. The van der Waals surface area contributed by atoms with E-state index >= 15 is 0 Å². The zero-order chi connectivity index (χ0) is 30.2. The van der Waals surface area contributed by atoms with E-state index in [4.69, 9.17) is 14.6 Å². The Morgan fingerprint density at radius 1 is 1.15 bits per heavy atom. The number of ether oxygens (including phenoxy) is 1. The summed E-state index contributed by atoms with van der Waals surface area (Å²) in [4.78, 5) is 36.6. The van der Waals surface area contributed by atoms with E-state index in [0.717, 1.165) is 33.0 Å². The van der Waals surface area contributed by atoms with Crippen LogP contribution in [0, 0.1) is 0 Å². The second-order valence-electron chi connectivity index (χ2n) is 9.15. The first-order chi connectivity index (χ1) is 19.4. The number of H-pyrrole nitrogens is 1. The van der Waals surface area contributed by atoms with Gasteiger partial charge in [0.25, 0.3) is 0 Å². The fourth-order valence-corrected chi connectivity index (χ4v) is 4.81. The van der Waals surface area contributed by atoms with Gasteiger partial charge in [0.2, 0.25) is 11.8 Å². The van der Waals surface area contributed by atoms with Gasteiger partial charge in [0.15, 0.2) is 0 Å². The Balaban J connectivity index is 0.000000587. The van der Waals surface area contributed by atoms with E-state index in [1.807, 2.05) is 42.6 Å². The highest BCUT2D eigenvalue weighted by Gasteiger charge is 2.38. The van der Waals surface area contributed by atoms with Gasteiger partial charge in [-0.3, -0.25) is 14.7 Å². The lowest BCUT2D eigenvalue weighted by atomic mass is 9.95. The van der Waals surface area contributed by atoms with Crippen LogP contribution in [0.25, 0.3) is 11.1 Å². The van der Waals surface area contributed by atoms with Crippen molar-refractivity contribution in [2.45, 2.75) is 36.5 Å². The van der Waals surface area contributed by atoms with Crippen molar-refractivity contribution in [3.8, 4) is 16.9 Å². The van der Waals surface area contributed by atoms with Gasteiger partial charge in [0.1, 0.15) is 5.75 Å². The maximum Gasteiger partial charge on any atom is 0.490 e. The van der Waals surface area contributed by atoms with Gasteiger partial charge in [-0.05, 0) is 47.4 Å². The molecule has 1 aliphatic heterocycles. The van der Waals surface area contributed by atoms with Crippen molar-refractivity contribution in [2.24, 2.45) is 0 Å². The van der Waals surface area contributed by atoms with E-state index in [0.29, 0.717) is 25.1 Å². The molecule has 1 aliphatic rings. The standard InChI is InChI=1S/C25H29N5O3S.C2HF3O2/c1-30(2)24(31)8-9-34-23-12-16(19-14-27-28-15-19)5-7-21(23)29-25(32)22-11-18-10-20(33-3)6-4-17(18)13-26-22;3-2(4,5)1(6)7/h4-7,10,12,14-15,22,26H,8-9,11,13H2,1-3H3,(H,27,28)(H,29,32);(H,6,7)/t22-;/m1./s1. The largest absolute Gasteiger partial charge is 0.497 e. The number of methoxy groups -OCH3 is 1. The predicted octanol–water partition coefficient (Wildman–Crippen LogP) is 3.94. The summed E-state index contributed by atoms with van der Waals surface area (Å²) in [7, 11) is 5.15. The molecular formula is C27H30F3N5O5S. The van der Waals surface area contributed by atoms with Crippen LogP contribution in [-0.2, 0) is 27.3 Å². The smallest absolute Gasteiger partial charge is 0.490 e. The van der Waals surface area contributed by atoms with Crippen molar-refractivity contribution >= 4 is 35.2 Å². The zero-order valence-corrected chi connectivity index (χ0v) is 23.4. The SMILES string of the molecule is COc1ccc2c(c1)C[C@H](C(=O)Nc1ccc(-c3cn[nH]c3)cc1SCCC(=O)N(C)C)NC2.O=C(O)C(F)(F)F. The van der Waals surface area contributed by atoms with E-state index < -0.39 is 12.1 Å². The lowest BCUT2D eigenvalue weighted by Gasteiger charge is -2.26. The molecule has 41 heavy (non-hydrogen) atoms. The molecule has 0 saturated heterocycles. The number of carboxylic acid groups (broad SMARTS) is 1. The molecule has 4 N–H and O–H groups in total. The topological polar surface area (TPSA) is 137 Å². The molecule has 2 heterocycles. The summed E-state index contributed by atoms with van der Waals surface area (Å²) in [6, 6.07) is 11.5. The lowest BCUT2D eigenvalue weighted by Crippen LogP contribution is -2.44. The van der Waals surface area contributed by atoms with E-state index in [-0.39, 0.29) is 17.9 Å². The fourth-order valence-electron chi connectivity index (χ4n) is 3.83. The van der Waals surface area contributed by atoms with E-state index in [1.54, 1.807) is 44.1 Å². The first-order valence-electron chi connectivity index (χ1n) is 12.3. The van der Waals surface area contributed by atoms with E-state index in [1.165, 1.54) is 5.56 Å². The summed E-state index contributed by atoms with van der Waals surface area (Å²) in [5.74, 6) is -1.36. The number of aromatic amines is 1. The van der Waals surface area contributed by atoms with Gasteiger partial charge in [-0.2, -0.15) is 18.3 Å². The van der Waals surface area contributed by atoms with Crippen LogP contribution in [0.1, 0.15) is 17.5 Å². The number of benzene rings is 2. The number of carboxylic acids is 1. The minimum atomic E-state index is -5.08. The number of nitrogens with one attached hydrogen (secondary N) is 3. The molecule has 0 saturated carbocycles. The number of rotatable bonds is 8. The van der Waals surface area contributed by atoms with Crippen molar-refractivity contribution < 1.29 is 37.4 Å². The highest BCUT2D eigenvalue weighted by Crippen LogP contribution is 2.33. The molecule has 4 rings (SSSR count). The van der Waals surface area contributed by atoms with Crippen molar-refractivity contribution in [2.75, 3.05) is 32.3 Å². The number of thioether (sulfide) groups is 1. The molecule has 0 fully saturated rings. The number of halogens is 3. The van der Waals surface area contributed by atoms with Gasteiger partial charge in [-0.15, -0.1) is 11.8 Å². The van der Waals surface area contributed by atoms with Crippen LogP contribution in [-0.4, -0.2) is 77.2 Å². The number of carbonyl (C=O) groups excluding carboxylic acids is 2. The predicted molar refractivity (Wildman–Crippen MR) is 148 cm³/mol. The molecule has 3 aromatic rings. The number of carbonyl (C=O) groups is 3. The summed E-state index contributed by atoms with van der Waals surface area (Å²) in [6.45, 7) is 0.630. The van der Waals surface area contributed by atoms with Gasteiger partial charge in [0.05, 0.1) is 25.0 Å². The summed E-state index contributed by atoms with van der Waals surface area (Å²) >= 11 is 1.56. The molecule has 0 spiro atoms. The molecule has 0 bridgehead atoms. The molecule has 1 atom stereocenters. The van der Waals surface area contributed by atoms with Crippen LogP contribution in [0.5, 0.6) is 5.75 Å². The zero-order valence-electron chi connectivity index (χ0n) is 22.5. The number of hydrogen-bond donors (Lipinski definition) is 4. The van der Waals surface area contributed by atoms with Gasteiger partial charge in [-0.1, -0.05) is 12.1 Å². The summed E-state index contributed by atoms with van der Waals surface area (Å²) in [5, 5.41) is 20.4. The molecule has 14 heteroatoms. The minimum Gasteiger partial charge on any atom is -0.497 e. The van der Waals surface area contributed by atoms with Gasteiger partial charge < -0.3 is 25.4 Å². The maximum atomic E-state index is 13.2. The normalized spacial score (nSPS) is 14.2. The number of alkyl halides is 3. The highest BCUT2D eigenvalue weighted by molar-refractivity contribution is 7.99. The molecule has 10 nitrogen and oxygen atoms in total. The van der Waals surface area contributed by atoms with Crippen LogP contribution >= 0.6 is 11.8 Å². The van der Waals surface area contributed by atoms with Gasteiger partial charge in [0, 0.05) is 49.5 Å². The van der Waals surface area contributed by atoms with Crippen LogP contribution in [0.4, 0.5) is 18.9 Å². The second-order valence-corrected chi connectivity index (χ2v) is 10.3. The molecule has 0 unspecified atom stereocenters. The quantitative estimate of drug-likeness (QED) is 0.289. The number of hydrogen-bond acceptors (Lipinski definition) is 7. The fraction of sp³-hybridized carbons (Fsp3) is 0.333. The Labute approximate surface area is 238 Å². The second kappa shape index (κ2) is 14.0. The summed E-state index contributed by atoms with van der Waals surface area (Å²) < 4.78 is 37.1. The average Bonchev–Trinajstić information content (AvgIpc) is 3.48. The lowest BCUT2D eigenvalue weighted by molar-refractivity contribution is -0.192. The molecular weight excluding hydrogens is 563 g/mol. The third kappa shape index (κ3) is 8.98. The molecule has 1 aromatic heterocycles. The Kier molecular flexibility index (Phi) is 10.8. The van der Waals surface area contributed by atoms with Crippen LogP contribution in [0.2, 0.25) is 0 Å². The number of nitrogens with zero attached hydrogens (tertiary/aromatic N) is 2. The third-order valence-electron chi connectivity index (χ3n) is 6.08. The summed E-state index contributed by atoms with van der Waals surface area (Å²) in [5.41, 5.74) is 4.98. The first kappa shape index (κ1) is 31.5. The van der Waals surface area contributed by atoms with Crippen LogP contribution < -0.4 is 15.4 Å². The molecule has 0 aliphatic carbocycles. The monoisotopic (exact) mass is 593 g/mol. The maximum absolute atomic E-state index is 13.2. The average molecular weight is 594 g/mol. The van der Waals surface area contributed by atoms with Gasteiger partial charge >= 0.3 is 12.1 Å². The first-order valence-corrected chi connectivity index (χ1v) is 13.3. The Bertz CT molecular complexity index is 1370. The summed E-state index contributed by atoms with van der Waals surface area (Å²) in [6.07, 6.45) is -0.486. The number of amides is 2. The van der Waals surface area contributed by atoms with Crippen molar-refractivity contribution in [1.82, 2.24) is 20.4 Å². The molecule has 220 valence electrons. The van der Waals surface area contributed by atoms with Gasteiger partial charge in [-0.25, -0.2) is 4.79 Å². The Morgan fingerprint density at radius 3 is 2.49 bits per heavy atom.